The van der Waals surface area contributed by atoms with Crippen molar-refractivity contribution in [3.63, 3.8) is 0 Å². The largest absolute Gasteiger partial charge is 0.497 e. The highest BCUT2D eigenvalue weighted by molar-refractivity contribution is 7.99. The van der Waals surface area contributed by atoms with Crippen LogP contribution in [-0.2, 0) is 4.74 Å². The van der Waals surface area contributed by atoms with E-state index < -0.39 is 0 Å². The Morgan fingerprint density at radius 1 is 1.67 bits per heavy atom. The average molecular weight is 230 g/mol. The molecule has 0 saturated carbocycles. The molecule has 0 amide bonds. The fraction of sp³-hybridized carbons (Fsp3) is 0.818. The average Bonchev–Trinajstić information content (AvgIpc) is 2.31. The summed E-state index contributed by atoms with van der Waals surface area (Å²) >= 11 is 1.94. The van der Waals surface area contributed by atoms with E-state index in [0.29, 0.717) is 5.25 Å². The van der Waals surface area contributed by atoms with E-state index in [0.717, 1.165) is 31.0 Å². The lowest BCUT2D eigenvalue weighted by Gasteiger charge is -2.23. The van der Waals surface area contributed by atoms with Crippen LogP contribution in [0.5, 0.6) is 0 Å². The molecular weight excluding hydrogens is 208 g/mol. The lowest BCUT2D eigenvalue weighted by atomic mass is 10.2. The Hall–Kier alpha value is -0.190. The van der Waals surface area contributed by atoms with Gasteiger partial charge >= 0.3 is 0 Å². The van der Waals surface area contributed by atoms with Crippen LogP contribution in [0.1, 0.15) is 33.1 Å². The van der Waals surface area contributed by atoms with E-state index in [-0.39, 0.29) is 6.04 Å². The molecule has 3 N–H and O–H groups in total. The Labute approximate surface area is 96.8 Å². The van der Waals surface area contributed by atoms with Crippen molar-refractivity contribution in [3.05, 3.63) is 11.8 Å². The maximum absolute atomic E-state index is 5.60. The molecule has 2 unspecified atom stereocenters. The minimum Gasteiger partial charge on any atom is -0.497 e. The summed E-state index contributed by atoms with van der Waals surface area (Å²) in [4.78, 5) is 0. The SMILES string of the molecule is CCC(C)SCC(NN)C1=CCCCO1. The van der Waals surface area contributed by atoms with Crippen LogP contribution in [0.2, 0.25) is 0 Å². The Balaban J connectivity index is 2.37. The molecule has 15 heavy (non-hydrogen) atoms. The highest BCUT2D eigenvalue weighted by Gasteiger charge is 2.17. The molecule has 3 nitrogen and oxygen atoms in total. The van der Waals surface area contributed by atoms with Crippen LogP contribution >= 0.6 is 11.8 Å². The van der Waals surface area contributed by atoms with Gasteiger partial charge in [-0.15, -0.1) is 0 Å². The van der Waals surface area contributed by atoms with Crippen molar-refractivity contribution in [1.29, 1.82) is 0 Å². The van der Waals surface area contributed by atoms with Gasteiger partial charge in [-0.25, -0.2) is 5.43 Å². The van der Waals surface area contributed by atoms with Gasteiger partial charge in [0.05, 0.1) is 12.6 Å². The molecule has 0 radical (unpaired) electrons. The Morgan fingerprint density at radius 3 is 3.00 bits per heavy atom. The predicted molar refractivity (Wildman–Crippen MR) is 66.6 cm³/mol. The second kappa shape index (κ2) is 7.14. The highest BCUT2D eigenvalue weighted by atomic mass is 32.2. The van der Waals surface area contributed by atoms with E-state index in [2.05, 4.69) is 25.3 Å². The van der Waals surface area contributed by atoms with Crippen LogP contribution in [-0.4, -0.2) is 23.7 Å². The number of allylic oxidation sites excluding steroid dienone is 1. The molecule has 0 spiro atoms. The van der Waals surface area contributed by atoms with Crippen LogP contribution in [0, 0.1) is 0 Å². The zero-order valence-corrected chi connectivity index (χ0v) is 10.5. The molecule has 1 aliphatic rings. The van der Waals surface area contributed by atoms with E-state index in [4.69, 9.17) is 10.6 Å². The third-order valence-electron chi connectivity index (χ3n) is 2.63. The topological polar surface area (TPSA) is 47.3 Å². The summed E-state index contributed by atoms with van der Waals surface area (Å²) in [7, 11) is 0. The molecule has 0 bridgehead atoms. The molecule has 0 aromatic rings. The standard InChI is InChI=1S/C11H22N2OS/c1-3-9(2)15-8-10(13-12)11-6-4-5-7-14-11/h6,9-10,13H,3-5,7-8,12H2,1-2H3. The van der Waals surface area contributed by atoms with Crippen molar-refractivity contribution in [1.82, 2.24) is 5.43 Å². The van der Waals surface area contributed by atoms with Gasteiger partial charge in [-0.2, -0.15) is 11.8 Å². The first-order valence-electron chi connectivity index (χ1n) is 5.68. The second-order valence-corrected chi connectivity index (χ2v) is 5.34. The lowest BCUT2D eigenvalue weighted by Crippen LogP contribution is -2.40. The number of nitrogens with two attached hydrogens (primary N) is 1. The third kappa shape index (κ3) is 4.45. The van der Waals surface area contributed by atoms with E-state index >= 15 is 0 Å². The van der Waals surface area contributed by atoms with Crippen LogP contribution in [0.25, 0.3) is 0 Å². The monoisotopic (exact) mass is 230 g/mol. The first-order chi connectivity index (χ1) is 7.27. The number of hydrogen-bond acceptors (Lipinski definition) is 4. The van der Waals surface area contributed by atoms with E-state index in [1.54, 1.807) is 0 Å². The summed E-state index contributed by atoms with van der Waals surface area (Å²) in [5.74, 6) is 7.56. The van der Waals surface area contributed by atoms with Gasteiger partial charge in [0.1, 0.15) is 5.76 Å². The van der Waals surface area contributed by atoms with Crippen LogP contribution < -0.4 is 11.3 Å². The van der Waals surface area contributed by atoms with E-state index in [1.807, 2.05) is 11.8 Å². The predicted octanol–water partition coefficient (Wildman–Crippen LogP) is 2.04. The van der Waals surface area contributed by atoms with Gasteiger partial charge in [0.2, 0.25) is 0 Å². The number of hydrazine groups is 1. The normalized spacial score (nSPS) is 20.3. The van der Waals surface area contributed by atoms with Crippen molar-refractivity contribution in [2.45, 2.75) is 44.4 Å². The third-order valence-corrected chi connectivity index (χ3v) is 4.06. The number of hydrogen-bond donors (Lipinski definition) is 2. The molecule has 88 valence electrons. The first kappa shape index (κ1) is 12.9. The van der Waals surface area contributed by atoms with Gasteiger partial charge in [0.25, 0.3) is 0 Å². The molecule has 0 aromatic heterocycles. The molecule has 4 heteroatoms. The summed E-state index contributed by atoms with van der Waals surface area (Å²) < 4.78 is 5.60. The van der Waals surface area contributed by atoms with Crippen LogP contribution in [0.15, 0.2) is 11.8 Å². The molecule has 0 fully saturated rings. The summed E-state index contributed by atoms with van der Waals surface area (Å²) in [6.45, 7) is 5.28. The maximum Gasteiger partial charge on any atom is 0.111 e. The molecular formula is C11H22N2OS. The van der Waals surface area contributed by atoms with Crippen molar-refractivity contribution >= 4 is 11.8 Å². The van der Waals surface area contributed by atoms with Crippen molar-refractivity contribution in [2.24, 2.45) is 5.84 Å². The molecule has 0 saturated heterocycles. The Bertz CT molecular complexity index is 209. The molecule has 1 heterocycles. The second-order valence-electron chi connectivity index (χ2n) is 3.87. The minimum absolute atomic E-state index is 0.171. The number of ether oxygens (including phenoxy) is 1. The fourth-order valence-corrected chi connectivity index (χ4v) is 2.43. The lowest BCUT2D eigenvalue weighted by molar-refractivity contribution is 0.172. The molecule has 2 atom stereocenters. The van der Waals surface area contributed by atoms with Gasteiger partial charge in [-0.1, -0.05) is 13.8 Å². The summed E-state index contributed by atoms with van der Waals surface area (Å²) in [5, 5.41) is 0.685. The van der Waals surface area contributed by atoms with Crippen LogP contribution in [0.4, 0.5) is 0 Å². The molecule has 0 aliphatic carbocycles. The van der Waals surface area contributed by atoms with Gasteiger partial charge < -0.3 is 4.74 Å². The Morgan fingerprint density at radius 2 is 2.47 bits per heavy atom. The molecule has 0 aromatic carbocycles. The quantitative estimate of drug-likeness (QED) is 0.541. The van der Waals surface area contributed by atoms with Crippen molar-refractivity contribution in [2.75, 3.05) is 12.4 Å². The van der Waals surface area contributed by atoms with E-state index in [1.165, 1.54) is 6.42 Å². The van der Waals surface area contributed by atoms with Crippen molar-refractivity contribution < 1.29 is 4.74 Å². The van der Waals surface area contributed by atoms with Crippen LogP contribution in [0.3, 0.4) is 0 Å². The maximum atomic E-state index is 5.60. The number of rotatable bonds is 6. The Kier molecular flexibility index (Phi) is 6.13. The summed E-state index contributed by atoms with van der Waals surface area (Å²) in [5.41, 5.74) is 2.84. The smallest absolute Gasteiger partial charge is 0.111 e. The zero-order valence-electron chi connectivity index (χ0n) is 9.66. The van der Waals surface area contributed by atoms with Crippen molar-refractivity contribution in [3.8, 4) is 0 Å². The van der Waals surface area contributed by atoms with E-state index in [9.17, 15) is 0 Å². The first-order valence-corrected chi connectivity index (χ1v) is 6.73. The number of thioether (sulfide) groups is 1. The van der Waals surface area contributed by atoms with Gasteiger partial charge in [-0.3, -0.25) is 5.84 Å². The summed E-state index contributed by atoms with van der Waals surface area (Å²) in [6.07, 6.45) is 5.59. The minimum atomic E-state index is 0.171. The van der Waals surface area contributed by atoms with Gasteiger partial charge in [0.15, 0.2) is 0 Å². The summed E-state index contributed by atoms with van der Waals surface area (Å²) in [6, 6.07) is 0.171. The zero-order chi connectivity index (χ0) is 11.1. The fourth-order valence-electron chi connectivity index (χ4n) is 1.41. The van der Waals surface area contributed by atoms with Gasteiger partial charge in [0, 0.05) is 11.0 Å². The number of nitrogens with one attached hydrogen (secondary N) is 1. The van der Waals surface area contributed by atoms with Gasteiger partial charge in [-0.05, 0) is 25.3 Å². The molecule has 1 aliphatic heterocycles. The highest BCUT2D eigenvalue weighted by Crippen LogP contribution is 2.20. The molecule has 1 rings (SSSR count).